The predicted octanol–water partition coefficient (Wildman–Crippen LogP) is 3.82. The number of rotatable bonds is 3. The Morgan fingerprint density at radius 1 is 1.31 bits per heavy atom. The van der Waals surface area contributed by atoms with Crippen molar-refractivity contribution < 1.29 is 21.6 Å². The summed E-state index contributed by atoms with van der Waals surface area (Å²) < 4.78 is 65.9. The number of nitrogens with zero attached hydrogens (tertiary/aromatic N) is 4. The second kappa shape index (κ2) is 6.43. The molecule has 6 nitrogen and oxygen atoms in total. The Kier molecular flexibility index (Phi) is 4.69. The van der Waals surface area contributed by atoms with Gasteiger partial charge in [0.15, 0.2) is 21.3 Å². The highest BCUT2D eigenvalue weighted by molar-refractivity contribution is 9.10. The molecular formula is C14H10BrF3N4O2S2. The third-order valence-corrected chi connectivity index (χ3v) is 6.09. The molecule has 0 spiro atoms. The van der Waals surface area contributed by atoms with Crippen LogP contribution in [-0.4, -0.2) is 33.3 Å². The Hall–Kier alpha value is -1.79. The Morgan fingerprint density at radius 3 is 2.62 bits per heavy atom. The fourth-order valence-corrected chi connectivity index (χ4v) is 4.03. The summed E-state index contributed by atoms with van der Waals surface area (Å²) in [5.41, 5.74) is -0.765. The average molecular weight is 467 g/mol. The molecule has 0 bridgehead atoms. The van der Waals surface area contributed by atoms with Gasteiger partial charge in [0.2, 0.25) is 4.77 Å². The number of alkyl halides is 3. The van der Waals surface area contributed by atoms with Gasteiger partial charge in [-0.25, -0.2) is 13.4 Å². The monoisotopic (exact) mass is 466 g/mol. The molecule has 3 heterocycles. The third kappa shape index (κ3) is 3.28. The van der Waals surface area contributed by atoms with Crippen molar-refractivity contribution in [3.05, 3.63) is 45.4 Å². The fourth-order valence-electron chi connectivity index (χ4n) is 2.24. The van der Waals surface area contributed by atoms with Crippen LogP contribution < -0.4 is 0 Å². The van der Waals surface area contributed by atoms with E-state index in [1.165, 1.54) is 19.2 Å². The van der Waals surface area contributed by atoms with E-state index in [1.807, 2.05) is 0 Å². The lowest BCUT2D eigenvalue weighted by Crippen LogP contribution is -2.12. The highest BCUT2D eigenvalue weighted by Gasteiger charge is 2.31. The van der Waals surface area contributed by atoms with Gasteiger partial charge in [0, 0.05) is 16.9 Å². The first-order valence-electron chi connectivity index (χ1n) is 7.12. The van der Waals surface area contributed by atoms with E-state index in [0.717, 1.165) is 27.4 Å². The summed E-state index contributed by atoms with van der Waals surface area (Å²) in [5, 5.41) is 4.11. The van der Waals surface area contributed by atoms with E-state index < -0.39 is 21.6 Å². The normalized spacial score (nSPS) is 12.7. The van der Waals surface area contributed by atoms with E-state index in [9.17, 15) is 21.6 Å². The topological polar surface area (TPSA) is 69.3 Å². The Balaban J connectivity index is 2.31. The van der Waals surface area contributed by atoms with Crippen LogP contribution in [0.15, 0.2) is 40.0 Å². The highest BCUT2D eigenvalue weighted by atomic mass is 79.9. The Morgan fingerprint density at radius 2 is 2.00 bits per heavy atom. The highest BCUT2D eigenvalue weighted by Crippen LogP contribution is 2.30. The lowest BCUT2D eigenvalue weighted by atomic mass is 10.3. The van der Waals surface area contributed by atoms with E-state index in [1.54, 1.807) is 0 Å². The molecule has 0 unspecified atom stereocenters. The van der Waals surface area contributed by atoms with Crippen LogP contribution in [0.3, 0.4) is 0 Å². The summed E-state index contributed by atoms with van der Waals surface area (Å²) in [7, 11) is -3.67. The maximum atomic E-state index is 12.9. The molecule has 12 heteroatoms. The molecular weight excluding hydrogens is 457 g/mol. The van der Waals surface area contributed by atoms with Gasteiger partial charge in [-0.1, -0.05) is 6.92 Å². The minimum Gasteiger partial charge on any atom is -0.274 e. The number of hydrogen-bond donors (Lipinski definition) is 0. The zero-order valence-electron chi connectivity index (χ0n) is 13.0. The summed E-state index contributed by atoms with van der Waals surface area (Å²) in [6.07, 6.45) is -2.37. The minimum absolute atomic E-state index is 0.0719. The average Bonchev–Trinajstić information content (AvgIpc) is 2.90. The molecule has 0 amide bonds. The smallest absolute Gasteiger partial charge is 0.274 e. The molecule has 0 fully saturated rings. The zero-order chi connectivity index (χ0) is 19.3. The molecule has 138 valence electrons. The van der Waals surface area contributed by atoms with E-state index in [-0.39, 0.29) is 26.9 Å². The second-order valence-corrected chi connectivity index (χ2v) is 8.74. The maximum Gasteiger partial charge on any atom is 0.417 e. The van der Waals surface area contributed by atoms with Gasteiger partial charge < -0.3 is 0 Å². The number of pyridine rings is 2. The van der Waals surface area contributed by atoms with Crippen molar-refractivity contribution >= 4 is 43.6 Å². The molecule has 26 heavy (non-hydrogen) atoms. The van der Waals surface area contributed by atoms with Crippen LogP contribution in [0.4, 0.5) is 13.2 Å². The number of fused-ring (bicyclic) bond motifs is 1. The van der Waals surface area contributed by atoms with E-state index in [2.05, 4.69) is 26.0 Å². The lowest BCUT2D eigenvalue weighted by Gasteiger charge is -2.08. The summed E-state index contributed by atoms with van der Waals surface area (Å²) >= 11 is 8.35. The van der Waals surface area contributed by atoms with Crippen molar-refractivity contribution in [3.8, 4) is 5.82 Å². The van der Waals surface area contributed by atoms with Gasteiger partial charge in [-0.15, -0.1) is 5.10 Å². The van der Waals surface area contributed by atoms with Crippen molar-refractivity contribution in [2.75, 3.05) is 5.75 Å². The minimum atomic E-state index is -4.54. The number of aromatic nitrogens is 4. The zero-order valence-corrected chi connectivity index (χ0v) is 16.2. The third-order valence-electron chi connectivity index (χ3n) is 3.56. The van der Waals surface area contributed by atoms with Gasteiger partial charge in [-0.3, -0.25) is 4.40 Å². The van der Waals surface area contributed by atoms with E-state index in [4.69, 9.17) is 12.2 Å². The van der Waals surface area contributed by atoms with Crippen LogP contribution in [0, 0.1) is 4.77 Å². The van der Waals surface area contributed by atoms with Gasteiger partial charge in [-0.05, 0) is 46.3 Å². The summed E-state index contributed by atoms with van der Waals surface area (Å²) in [6.45, 7) is 1.47. The van der Waals surface area contributed by atoms with Crippen LogP contribution >= 0.6 is 28.1 Å². The van der Waals surface area contributed by atoms with Crippen molar-refractivity contribution in [1.82, 2.24) is 19.2 Å². The van der Waals surface area contributed by atoms with Gasteiger partial charge in [0.1, 0.15) is 4.90 Å². The molecule has 3 aromatic rings. The van der Waals surface area contributed by atoms with Crippen LogP contribution in [-0.2, 0) is 16.0 Å². The van der Waals surface area contributed by atoms with Crippen molar-refractivity contribution in [1.29, 1.82) is 0 Å². The van der Waals surface area contributed by atoms with Crippen LogP contribution in [0.25, 0.3) is 11.5 Å². The molecule has 0 atom stereocenters. The van der Waals surface area contributed by atoms with Gasteiger partial charge >= 0.3 is 6.18 Å². The molecule has 3 rings (SSSR count). The summed E-state index contributed by atoms with van der Waals surface area (Å²) in [4.78, 5) is 3.94. The molecule has 0 aliphatic carbocycles. The number of halogens is 4. The molecule has 0 aromatic carbocycles. The second-order valence-electron chi connectivity index (χ2n) is 5.22. The van der Waals surface area contributed by atoms with Crippen molar-refractivity contribution in [2.45, 2.75) is 18.0 Å². The first kappa shape index (κ1) is 19.0. The van der Waals surface area contributed by atoms with E-state index >= 15 is 0 Å². The predicted molar refractivity (Wildman–Crippen MR) is 93.6 cm³/mol. The van der Waals surface area contributed by atoms with Gasteiger partial charge in [0.05, 0.1) is 11.3 Å². The molecule has 0 N–H and O–H groups in total. The maximum absolute atomic E-state index is 12.9. The van der Waals surface area contributed by atoms with Gasteiger partial charge in [-0.2, -0.15) is 17.9 Å². The first-order valence-corrected chi connectivity index (χ1v) is 9.97. The van der Waals surface area contributed by atoms with Gasteiger partial charge in [0.25, 0.3) is 0 Å². The largest absolute Gasteiger partial charge is 0.417 e. The molecule has 0 saturated carbocycles. The fraction of sp³-hybridized carbons (Fsp3) is 0.214. The molecule has 0 saturated heterocycles. The van der Waals surface area contributed by atoms with Crippen LogP contribution in [0.5, 0.6) is 0 Å². The quantitative estimate of drug-likeness (QED) is 0.548. The van der Waals surface area contributed by atoms with Crippen LogP contribution in [0.2, 0.25) is 0 Å². The Labute approximate surface area is 159 Å². The van der Waals surface area contributed by atoms with E-state index in [0.29, 0.717) is 4.47 Å². The SMILES string of the molecule is CCS(=O)(=O)c1cc(Br)cnc1-n1nc2ccc(C(F)(F)F)cn2c1=S. The lowest BCUT2D eigenvalue weighted by molar-refractivity contribution is -0.137. The standard InChI is InChI=1S/C14H10BrF3N4O2S2/c1-2-26(23,24)10-5-9(15)6-19-12(10)22-13(25)21-7-8(14(16,17)18)3-4-11(21)20-22/h3-7H,2H2,1H3. The van der Waals surface area contributed by atoms with Crippen LogP contribution in [0.1, 0.15) is 12.5 Å². The van der Waals surface area contributed by atoms with Crippen molar-refractivity contribution in [3.63, 3.8) is 0 Å². The molecule has 0 aliphatic rings. The van der Waals surface area contributed by atoms with Crippen molar-refractivity contribution in [2.24, 2.45) is 0 Å². The molecule has 3 aromatic heterocycles. The number of hydrogen-bond acceptors (Lipinski definition) is 5. The number of sulfone groups is 1. The first-order chi connectivity index (χ1) is 12.0. The molecule has 0 radical (unpaired) electrons. The summed E-state index contributed by atoms with van der Waals surface area (Å²) in [6, 6.07) is 3.39. The summed E-state index contributed by atoms with van der Waals surface area (Å²) in [5.74, 6) is -0.255. The molecule has 0 aliphatic heterocycles. The Bertz CT molecular complexity index is 1170.